The van der Waals surface area contributed by atoms with Crippen LogP contribution in [0.2, 0.25) is 0 Å². The molecule has 16 heavy (non-hydrogen) atoms. The van der Waals surface area contributed by atoms with Crippen LogP contribution in [-0.4, -0.2) is 34.9 Å². The van der Waals surface area contributed by atoms with Crippen molar-refractivity contribution in [2.24, 2.45) is 22.9 Å². The summed E-state index contributed by atoms with van der Waals surface area (Å²) in [6, 6.07) is 0. The fraction of sp³-hybridized carbons (Fsp3) is 0.667. The molecular weight excluding hydrogens is 380 g/mol. The smallest absolute Gasteiger partial charge is 0.299 e. The van der Waals surface area contributed by atoms with Crippen molar-refractivity contribution in [2.75, 3.05) is 24.6 Å². The van der Waals surface area contributed by atoms with E-state index in [1.54, 1.807) is 0 Å². The zero-order valence-corrected chi connectivity index (χ0v) is 13.7. The van der Waals surface area contributed by atoms with Gasteiger partial charge in [-0.2, -0.15) is 0 Å². The lowest BCUT2D eigenvalue weighted by atomic mass is 10.8. The number of thioether (sulfide) groups is 2. The predicted octanol–water partition coefficient (Wildman–Crippen LogP) is -10.5. The minimum Gasteiger partial charge on any atom is -1.00 e. The molecule has 0 aliphatic carbocycles. The van der Waals surface area contributed by atoms with Crippen LogP contribution >= 0.6 is 23.5 Å². The van der Waals surface area contributed by atoms with E-state index in [2.05, 4.69) is 0 Å². The molecule has 0 spiro atoms. The first-order valence-corrected chi connectivity index (χ1v) is 5.93. The monoisotopic (exact) mass is 398 g/mol. The molecule has 0 aliphatic heterocycles. The Labute approximate surface area is 126 Å². The Kier molecular flexibility index (Phi) is 33.1. The largest absolute Gasteiger partial charge is 1.00 e. The normalized spacial score (nSPS) is 7.62. The number of hydrogen-bond donors (Lipinski definition) is 6. The van der Waals surface area contributed by atoms with E-state index >= 15 is 0 Å². The van der Waals surface area contributed by atoms with Crippen LogP contribution in [0.4, 0.5) is 0 Å². The van der Waals surface area contributed by atoms with Crippen LogP contribution < -0.4 is 67.7 Å². The molecule has 0 aliphatic rings. The summed E-state index contributed by atoms with van der Waals surface area (Å²) in [6.07, 6.45) is 0. The molecule has 0 saturated heterocycles. The van der Waals surface area contributed by atoms with Crippen LogP contribution in [0.5, 0.6) is 0 Å². The van der Waals surface area contributed by atoms with Crippen molar-refractivity contribution in [3.8, 4) is 0 Å². The lowest BCUT2D eigenvalue weighted by molar-refractivity contribution is -0.110. The van der Waals surface area contributed by atoms with Crippen molar-refractivity contribution < 1.29 is 44.8 Å². The number of amidine groups is 2. The Balaban J connectivity index is -0.0000000800. The highest BCUT2D eigenvalue weighted by atomic mass is 79.9. The molecule has 0 bridgehead atoms. The molecule has 0 aromatic heterocycles. The van der Waals surface area contributed by atoms with Gasteiger partial charge < -0.3 is 45.4 Å². The lowest BCUT2D eigenvalue weighted by Gasteiger charge is -1.85. The van der Waals surface area contributed by atoms with Gasteiger partial charge in [-0.05, 0) is 23.5 Å². The van der Waals surface area contributed by atoms with E-state index in [4.69, 9.17) is 33.8 Å². The SMILES string of the molecule is NCCSC(N)=[NH2+].NCCSC(N)=[NH2+].[Br-].[Br-]. The Morgan fingerprint density at radius 3 is 1.12 bits per heavy atom. The first-order valence-electron chi connectivity index (χ1n) is 3.96. The zero-order chi connectivity index (χ0) is 11.4. The van der Waals surface area contributed by atoms with Gasteiger partial charge in [-0.25, -0.2) is 0 Å². The maximum absolute atomic E-state index is 5.13. The zero-order valence-electron chi connectivity index (χ0n) is 8.86. The minimum absolute atomic E-state index is 0. The molecule has 0 saturated carbocycles. The van der Waals surface area contributed by atoms with Crippen molar-refractivity contribution >= 4 is 33.9 Å². The van der Waals surface area contributed by atoms with Crippen LogP contribution in [0.15, 0.2) is 0 Å². The van der Waals surface area contributed by atoms with Crippen LogP contribution in [0.1, 0.15) is 0 Å². The average molecular weight is 400 g/mol. The molecule has 0 amide bonds. The molecule has 0 rings (SSSR count). The minimum atomic E-state index is 0. The number of rotatable bonds is 4. The van der Waals surface area contributed by atoms with Gasteiger partial charge in [-0.1, -0.05) is 0 Å². The van der Waals surface area contributed by atoms with Crippen molar-refractivity contribution in [2.45, 2.75) is 0 Å². The van der Waals surface area contributed by atoms with Gasteiger partial charge in [0.05, 0.1) is 0 Å². The molecule has 12 N–H and O–H groups in total. The van der Waals surface area contributed by atoms with Gasteiger partial charge in [0, 0.05) is 24.6 Å². The van der Waals surface area contributed by atoms with Crippen LogP contribution in [-0.2, 0) is 0 Å². The Morgan fingerprint density at radius 1 is 0.812 bits per heavy atom. The van der Waals surface area contributed by atoms with E-state index in [1.165, 1.54) is 23.5 Å². The molecule has 100 valence electrons. The molecule has 6 nitrogen and oxygen atoms in total. The Morgan fingerprint density at radius 2 is 1.06 bits per heavy atom. The van der Waals surface area contributed by atoms with Gasteiger partial charge in [0.2, 0.25) is 0 Å². The van der Waals surface area contributed by atoms with Crippen LogP contribution in [0, 0.1) is 0 Å². The predicted molar refractivity (Wildman–Crippen MR) is 65.3 cm³/mol. The quantitative estimate of drug-likeness (QED) is 0.203. The van der Waals surface area contributed by atoms with E-state index in [0.717, 1.165) is 11.5 Å². The van der Waals surface area contributed by atoms with Crippen molar-refractivity contribution in [1.29, 1.82) is 0 Å². The van der Waals surface area contributed by atoms with Crippen molar-refractivity contribution in [3.05, 3.63) is 0 Å². The van der Waals surface area contributed by atoms with Gasteiger partial charge in [0.15, 0.2) is 0 Å². The van der Waals surface area contributed by atoms with Gasteiger partial charge in [-0.3, -0.25) is 22.3 Å². The molecular formula is C6H20Br2N6S2. The summed E-state index contributed by atoms with van der Waals surface area (Å²) in [5.74, 6) is 1.62. The van der Waals surface area contributed by atoms with E-state index in [1.807, 2.05) is 0 Å². The third kappa shape index (κ3) is 36.6. The maximum Gasteiger partial charge on any atom is 0.299 e. The van der Waals surface area contributed by atoms with E-state index < -0.39 is 0 Å². The molecule has 0 radical (unpaired) electrons. The van der Waals surface area contributed by atoms with E-state index in [-0.39, 0.29) is 34.0 Å². The number of halogens is 2. The number of nitrogens with two attached hydrogens (primary N) is 6. The van der Waals surface area contributed by atoms with Gasteiger partial charge in [0.1, 0.15) is 0 Å². The summed E-state index contributed by atoms with van der Waals surface area (Å²) in [5.41, 5.74) is 20.4. The van der Waals surface area contributed by atoms with Gasteiger partial charge in [0.25, 0.3) is 10.3 Å². The summed E-state index contributed by atoms with van der Waals surface area (Å²) in [5, 5.41) is 10.9. The summed E-state index contributed by atoms with van der Waals surface area (Å²) in [7, 11) is 0. The van der Waals surface area contributed by atoms with E-state index in [9.17, 15) is 0 Å². The first-order chi connectivity index (χ1) is 6.54. The highest BCUT2D eigenvalue weighted by Crippen LogP contribution is 1.90. The molecule has 0 aromatic carbocycles. The Hall–Kier alpha value is 0.520. The fourth-order valence-electron chi connectivity index (χ4n) is 0.354. The summed E-state index contributed by atoms with van der Waals surface area (Å²) >= 11 is 2.76. The topological polar surface area (TPSA) is 155 Å². The molecule has 10 heteroatoms. The maximum atomic E-state index is 5.13. The van der Waals surface area contributed by atoms with Crippen LogP contribution in [0.3, 0.4) is 0 Å². The van der Waals surface area contributed by atoms with Crippen molar-refractivity contribution in [1.82, 2.24) is 0 Å². The second-order valence-corrected chi connectivity index (χ2v) is 4.42. The lowest BCUT2D eigenvalue weighted by Crippen LogP contribution is -3.00. The molecule has 0 heterocycles. The molecule has 0 unspecified atom stereocenters. The molecule has 0 fully saturated rings. The van der Waals surface area contributed by atoms with Crippen molar-refractivity contribution in [3.63, 3.8) is 0 Å². The third-order valence-electron chi connectivity index (χ3n) is 0.773. The van der Waals surface area contributed by atoms with Gasteiger partial charge in [-0.15, -0.1) is 0 Å². The highest BCUT2D eigenvalue weighted by molar-refractivity contribution is 8.13. The molecule has 0 atom stereocenters. The second kappa shape index (κ2) is 20.9. The second-order valence-electron chi connectivity index (χ2n) is 2.08. The number of hydrogen-bond acceptors (Lipinski definition) is 4. The third-order valence-corrected chi connectivity index (χ3v) is 2.32. The van der Waals surface area contributed by atoms with Gasteiger partial charge >= 0.3 is 0 Å². The highest BCUT2D eigenvalue weighted by Gasteiger charge is 1.91. The Bertz CT molecular complexity index is 153. The molecule has 0 aromatic rings. The standard InChI is InChI=1S/2C3H9N3S.2BrH/c2*4-1-2-7-3(5)6;;/h2*1-2,4H2,(H3,5,6);2*1H. The summed E-state index contributed by atoms with van der Waals surface area (Å²) in [6.45, 7) is 1.26. The average Bonchev–Trinajstić information content (AvgIpc) is 2.12. The van der Waals surface area contributed by atoms with Crippen LogP contribution in [0.25, 0.3) is 0 Å². The fourth-order valence-corrected chi connectivity index (χ4v) is 1.06. The van der Waals surface area contributed by atoms with E-state index in [0.29, 0.717) is 23.4 Å². The summed E-state index contributed by atoms with van der Waals surface area (Å²) < 4.78 is 0. The summed E-state index contributed by atoms with van der Waals surface area (Å²) in [4.78, 5) is 0. The first kappa shape index (κ1) is 25.4.